The Kier molecular flexibility index (Phi) is 3.93. The molecule has 2 heterocycles. The minimum atomic E-state index is -0.244. The summed E-state index contributed by atoms with van der Waals surface area (Å²) in [5.41, 5.74) is 1.85. The summed E-state index contributed by atoms with van der Waals surface area (Å²) in [6.07, 6.45) is 1.49. The molecule has 0 aliphatic rings. The number of amides is 1. The maximum atomic E-state index is 12.0. The molecule has 6 heteroatoms. The van der Waals surface area contributed by atoms with Gasteiger partial charge in [-0.1, -0.05) is 11.6 Å². The molecule has 1 N–H and O–H groups in total. The van der Waals surface area contributed by atoms with Crippen LogP contribution in [0.2, 0.25) is 5.15 Å². The molecule has 0 aliphatic heterocycles. The summed E-state index contributed by atoms with van der Waals surface area (Å²) < 4.78 is 0.727. The van der Waals surface area contributed by atoms with Crippen LogP contribution in [-0.2, 0) is 0 Å². The zero-order valence-corrected chi connectivity index (χ0v) is 11.8. The molecule has 0 unspecified atom stereocenters. The predicted octanol–water partition coefficient (Wildman–Crippen LogP) is 3.45. The Morgan fingerprint density at radius 1 is 1.39 bits per heavy atom. The van der Waals surface area contributed by atoms with E-state index in [2.05, 4.69) is 31.2 Å². The Morgan fingerprint density at radius 2 is 2.17 bits per heavy atom. The van der Waals surface area contributed by atoms with Gasteiger partial charge in [0.2, 0.25) is 0 Å². The Bertz CT molecular complexity index is 604. The SMILES string of the molecule is Cc1nc(Br)ccc1NC(=O)c1ccnc(Cl)c1. The van der Waals surface area contributed by atoms with Crippen LogP contribution in [0.4, 0.5) is 5.69 Å². The minimum Gasteiger partial charge on any atom is -0.320 e. The molecule has 0 aromatic carbocycles. The molecule has 0 aliphatic carbocycles. The van der Waals surface area contributed by atoms with Crippen LogP contribution in [0, 0.1) is 6.92 Å². The number of rotatable bonds is 2. The highest BCUT2D eigenvalue weighted by Crippen LogP contribution is 2.17. The van der Waals surface area contributed by atoms with Crippen LogP contribution in [-0.4, -0.2) is 15.9 Å². The smallest absolute Gasteiger partial charge is 0.255 e. The zero-order chi connectivity index (χ0) is 13.1. The van der Waals surface area contributed by atoms with E-state index >= 15 is 0 Å². The van der Waals surface area contributed by atoms with E-state index in [0.717, 1.165) is 10.3 Å². The third kappa shape index (κ3) is 3.05. The van der Waals surface area contributed by atoms with Crippen molar-refractivity contribution in [2.24, 2.45) is 0 Å². The molecular weight excluding hydrogens is 318 g/mol. The first-order valence-corrected chi connectivity index (χ1v) is 6.29. The van der Waals surface area contributed by atoms with E-state index < -0.39 is 0 Å². The number of carbonyl (C=O) groups excluding carboxylic acids is 1. The Hall–Kier alpha value is -1.46. The standard InChI is InChI=1S/C12H9BrClN3O/c1-7-9(2-3-10(13)16-7)17-12(18)8-4-5-15-11(14)6-8/h2-6H,1H3,(H,17,18). The van der Waals surface area contributed by atoms with E-state index in [-0.39, 0.29) is 11.1 Å². The summed E-state index contributed by atoms with van der Waals surface area (Å²) in [5, 5.41) is 3.06. The number of anilines is 1. The molecule has 2 aromatic rings. The fourth-order valence-electron chi connectivity index (χ4n) is 1.40. The predicted molar refractivity (Wildman–Crippen MR) is 73.9 cm³/mol. The van der Waals surface area contributed by atoms with Crippen LogP contribution in [0.3, 0.4) is 0 Å². The summed E-state index contributed by atoms with van der Waals surface area (Å²) in [5.74, 6) is -0.244. The van der Waals surface area contributed by atoms with Crippen LogP contribution in [0.1, 0.15) is 16.1 Å². The minimum absolute atomic E-state index is 0.244. The molecule has 4 nitrogen and oxygen atoms in total. The van der Waals surface area contributed by atoms with Crippen molar-refractivity contribution in [3.63, 3.8) is 0 Å². The van der Waals surface area contributed by atoms with Crippen molar-refractivity contribution in [2.75, 3.05) is 5.32 Å². The Morgan fingerprint density at radius 3 is 2.83 bits per heavy atom. The second-order valence-corrected chi connectivity index (χ2v) is 4.79. The summed E-state index contributed by atoms with van der Waals surface area (Å²) >= 11 is 9.00. The number of hydrogen-bond donors (Lipinski definition) is 1. The van der Waals surface area contributed by atoms with Gasteiger partial charge in [0, 0.05) is 11.8 Å². The fraction of sp³-hybridized carbons (Fsp3) is 0.0833. The van der Waals surface area contributed by atoms with Crippen molar-refractivity contribution in [3.8, 4) is 0 Å². The lowest BCUT2D eigenvalue weighted by atomic mass is 10.2. The number of aromatic nitrogens is 2. The van der Waals surface area contributed by atoms with Crippen molar-refractivity contribution in [2.45, 2.75) is 6.92 Å². The lowest BCUT2D eigenvalue weighted by molar-refractivity contribution is 0.102. The topological polar surface area (TPSA) is 54.9 Å². The summed E-state index contributed by atoms with van der Waals surface area (Å²) in [7, 11) is 0. The van der Waals surface area contributed by atoms with E-state index in [9.17, 15) is 4.79 Å². The quantitative estimate of drug-likeness (QED) is 0.860. The molecular formula is C12H9BrClN3O. The molecule has 2 rings (SSSR count). The molecule has 0 saturated heterocycles. The second-order valence-electron chi connectivity index (χ2n) is 3.59. The largest absolute Gasteiger partial charge is 0.320 e. The van der Waals surface area contributed by atoms with E-state index in [4.69, 9.17) is 11.6 Å². The van der Waals surface area contributed by atoms with Gasteiger partial charge in [0.15, 0.2) is 0 Å². The van der Waals surface area contributed by atoms with Gasteiger partial charge in [-0.2, -0.15) is 0 Å². The van der Waals surface area contributed by atoms with Gasteiger partial charge >= 0.3 is 0 Å². The first-order chi connectivity index (χ1) is 8.56. The van der Waals surface area contributed by atoms with Crippen LogP contribution in [0.15, 0.2) is 35.1 Å². The Labute approximate surface area is 118 Å². The second kappa shape index (κ2) is 5.46. The lowest BCUT2D eigenvalue weighted by Crippen LogP contribution is -2.13. The number of hydrogen-bond acceptors (Lipinski definition) is 3. The normalized spacial score (nSPS) is 10.2. The molecule has 0 radical (unpaired) electrons. The van der Waals surface area contributed by atoms with E-state index in [1.807, 2.05) is 6.92 Å². The van der Waals surface area contributed by atoms with Gasteiger partial charge < -0.3 is 5.32 Å². The summed E-state index contributed by atoms with van der Waals surface area (Å²) in [4.78, 5) is 20.0. The lowest BCUT2D eigenvalue weighted by Gasteiger charge is -2.08. The van der Waals surface area contributed by atoms with Crippen molar-refractivity contribution in [1.82, 2.24) is 9.97 Å². The highest BCUT2D eigenvalue weighted by molar-refractivity contribution is 9.10. The van der Waals surface area contributed by atoms with Crippen molar-refractivity contribution in [1.29, 1.82) is 0 Å². The van der Waals surface area contributed by atoms with Crippen molar-refractivity contribution >= 4 is 39.1 Å². The Balaban J connectivity index is 2.21. The van der Waals surface area contributed by atoms with Crippen LogP contribution < -0.4 is 5.32 Å². The van der Waals surface area contributed by atoms with Gasteiger partial charge in [-0.3, -0.25) is 4.79 Å². The van der Waals surface area contributed by atoms with Gasteiger partial charge in [0.1, 0.15) is 9.76 Å². The van der Waals surface area contributed by atoms with Crippen molar-refractivity contribution < 1.29 is 4.79 Å². The van der Waals surface area contributed by atoms with Crippen LogP contribution >= 0.6 is 27.5 Å². The maximum Gasteiger partial charge on any atom is 0.255 e. The number of halogens is 2. The zero-order valence-electron chi connectivity index (χ0n) is 9.45. The number of carbonyl (C=O) groups is 1. The average molecular weight is 327 g/mol. The van der Waals surface area contributed by atoms with Gasteiger partial charge in [0.05, 0.1) is 11.4 Å². The fourth-order valence-corrected chi connectivity index (χ4v) is 1.97. The van der Waals surface area contributed by atoms with Crippen LogP contribution in [0.5, 0.6) is 0 Å². The molecule has 0 atom stereocenters. The van der Waals surface area contributed by atoms with Crippen LogP contribution in [0.25, 0.3) is 0 Å². The number of pyridine rings is 2. The molecule has 18 heavy (non-hydrogen) atoms. The highest BCUT2D eigenvalue weighted by atomic mass is 79.9. The summed E-state index contributed by atoms with van der Waals surface area (Å²) in [6.45, 7) is 1.82. The number of nitrogens with one attached hydrogen (secondary N) is 1. The molecule has 0 spiro atoms. The monoisotopic (exact) mass is 325 g/mol. The third-order valence-corrected chi connectivity index (χ3v) is 2.94. The molecule has 0 bridgehead atoms. The average Bonchev–Trinajstić information content (AvgIpc) is 2.32. The molecule has 0 saturated carbocycles. The number of nitrogens with zero attached hydrogens (tertiary/aromatic N) is 2. The molecule has 92 valence electrons. The van der Waals surface area contributed by atoms with E-state index in [1.165, 1.54) is 12.3 Å². The van der Waals surface area contributed by atoms with E-state index in [1.54, 1.807) is 18.2 Å². The van der Waals surface area contributed by atoms with Crippen molar-refractivity contribution in [3.05, 3.63) is 51.5 Å². The molecule has 0 fully saturated rings. The highest BCUT2D eigenvalue weighted by Gasteiger charge is 2.09. The van der Waals surface area contributed by atoms with Gasteiger partial charge in [0.25, 0.3) is 5.91 Å². The maximum absolute atomic E-state index is 12.0. The third-order valence-electron chi connectivity index (χ3n) is 2.29. The summed E-state index contributed by atoms with van der Waals surface area (Å²) in [6, 6.07) is 6.66. The van der Waals surface area contributed by atoms with Gasteiger partial charge in [-0.05, 0) is 47.1 Å². The van der Waals surface area contributed by atoms with E-state index in [0.29, 0.717) is 11.3 Å². The van der Waals surface area contributed by atoms with Gasteiger partial charge in [-0.25, -0.2) is 9.97 Å². The first kappa shape index (κ1) is 13.0. The first-order valence-electron chi connectivity index (χ1n) is 5.12. The van der Waals surface area contributed by atoms with Gasteiger partial charge in [-0.15, -0.1) is 0 Å². The molecule has 2 aromatic heterocycles. The number of aryl methyl sites for hydroxylation is 1. The molecule has 1 amide bonds.